The zero-order valence-electron chi connectivity index (χ0n) is 11.8. The number of ether oxygens (including phenoxy) is 1. The molecule has 0 saturated carbocycles. The Labute approximate surface area is 120 Å². The van der Waals surface area contributed by atoms with E-state index >= 15 is 0 Å². The highest BCUT2D eigenvalue weighted by Crippen LogP contribution is 2.16. The van der Waals surface area contributed by atoms with E-state index in [1.807, 2.05) is 48.6 Å². The van der Waals surface area contributed by atoms with Crippen LogP contribution in [0, 0.1) is 0 Å². The Bertz CT molecular complexity index is 539. The Kier molecular flexibility index (Phi) is 5.24. The van der Waals surface area contributed by atoms with E-state index in [9.17, 15) is 5.11 Å². The summed E-state index contributed by atoms with van der Waals surface area (Å²) in [6.45, 7) is 2.93. The highest BCUT2D eigenvalue weighted by molar-refractivity contribution is 5.70. The van der Waals surface area contributed by atoms with Crippen molar-refractivity contribution in [3.05, 3.63) is 59.7 Å². The van der Waals surface area contributed by atoms with E-state index in [-0.39, 0.29) is 5.75 Å². The fourth-order valence-corrected chi connectivity index (χ4v) is 1.79. The van der Waals surface area contributed by atoms with Gasteiger partial charge in [-0.25, -0.2) is 0 Å². The van der Waals surface area contributed by atoms with Crippen LogP contribution in [0.25, 0.3) is 12.2 Å². The molecule has 2 aromatic carbocycles. The fourth-order valence-electron chi connectivity index (χ4n) is 1.79. The van der Waals surface area contributed by atoms with Crippen molar-refractivity contribution in [2.45, 2.75) is 19.8 Å². The lowest BCUT2D eigenvalue weighted by Gasteiger charge is -2.05. The van der Waals surface area contributed by atoms with Gasteiger partial charge < -0.3 is 9.84 Å². The van der Waals surface area contributed by atoms with E-state index in [0.29, 0.717) is 0 Å². The molecule has 0 fully saturated rings. The molecule has 0 saturated heterocycles. The normalized spacial score (nSPS) is 10.8. The summed E-state index contributed by atoms with van der Waals surface area (Å²) >= 11 is 0. The zero-order valence-corrected chi connectivity index (χ0v) is 11.8. The average Bonchev–Trinajstić information content (AvgIpc) is 2.48. The first-order chi connectivity index (χ1) is 9.78. The zero-order chi connectivity index (χ0) is 14.2. The van der Waals surface area contributed by atoms with Crippen LogP contribution in [-0.2, 0) is 0 Å². The maximum absolute atomic E-state index is 9.22. The molecule has 1 N–H and O–H groups in total. The Morgan fingerprint density at radius 1 is 0.900 bits per heavy atom. The number of phenols is 1. The van der Waals surface area contributed by atoms with Crippen molar-refractivity contribution in [1.29, 1.82) is 0 Å². The van der Waals surface area contributed by atoms with Crippen LogP contribution in [0.2, 0.25) is 0 Å². The van der Waals surface area contributed by atoms with Gasteiger partial charge in [0.2, 0.25) is 0 Å². The predicted molar refractivity (Wildman–Crippen MR) is 83.9 cm³/mol. The number of hydrogen-bond acceptors (Lipinski definition) is 2. The molecule has 0 amide bonds. The van der Waals surface area contributed by atoms with E-state index in [0.717, 1.165) is 36.3 Å². The lowest BCUT2D eigenvalue weighted by atomic mass is 10.1. The fraction of sp³-hybridized carbons (Fsp3) is 0.222. The smallest absolute Gasteiger partial charge is 0.119 e. The number of unbranched alkanes of at least 4 members (excludes halogenated alkanes) is 1. The number of phenolic OH excluding ortho intramolecular Hbond substituents is 1. The van der Waals surface area contributed by atoms with Crippen molar-refractivity contribution < 1.29 is 9.84 Å². The van der Waals surface area contributed by atoms with E-state index in [1.54, 1.807) is 12.1 Å². The summed E-state index contributed by atoms with van der Waals surface area (Å²) in [5.74, 6) is 1.20. The van der Waals surface area contributed by atoms with Gasteiger partial charge in [-0.2, -0.15) is 0 Å². The minimum Gasteiger partial charge on any atom is -0.508 e. The van der Waals surface area contributed by atoms with Gasteiger partial charge in [-0.3, -0.25) is 0 Å². The lowest BCUT2D eigenvalue weighted by molar-refractivity contribution is 0.309. The van der Waals surface area contributed by atoms with Crippen LogP contribution in [0.4, 0.5) is 0 Å². The van der Waals surface area contributed by atoms with Crippen molar-refractivity contribution in [3.63, 3.8) is 0 Å². The molecular formula is C18H20O2. The van der Waals surface area contributed by atoms with Gasteiger partial charge in [-0.15, -0.1) is 0 Å². The van der Waals surface area contributed by atoms with Gasteiger partial charge >= 0.3 is 0 Å². The highest BCUT2D eigenvalue weighted by atomic mass is 16.5. The second-order valence-corrected chi connectivity index (χ2v) is 4.70. The molecule has 104 valence electrons. The largest absolute Gasteiger partial charge is 0.508 e. The average molecular weight is 268 g/mol. The monoisotopic (exact) mass is 268 g/mol. The SMILES string of the molecule is CCCCOc1ccc(/C=C\c2ccc(O)cc2)cc1. The Morgan fingerprint density at radius 3 is 2.00 bits per heavy atom. The second-order valence-electron chi connectivity index (χ2n) is 4.70. The molecule has 0 aromatic heterocycles. The summed E-state index contributed by atoms with van der Waals surface area (Å²) in [4.78, 5) is 0. The van der Waals surface area contributed by atoms with Crippen LogP contribution in [-0.4, -0.2) is 11.7 Å². The van der Waals surface area contributed by atoms with Gasteiger partial charge in [0, 0.05) is 0 Å². The van der Waals surface area contributed by atoms with E-state index in [1.165, 1.54) is 0 Å². The van der Waals surface area contributed by atoms with Crippen LogP contribution in [0.1, 0.15) is 30.9 Å². The summed E-state index contributed by atoms with van der Waals surface area (Å²) in [6.07, 6.45) is 6.30. The second kappa shape index (κ2) is 7.39. The topological polar surface area (TPSA) is 29.5 Å². The Morgan fingerprint density at radius 2 is 1.45 bits per heavy atom. The van der Waals surface area contributed by atoms with Crippen LogP contribution in [0.3, 0.4) is 0 Å². The summed E-state index contributed by atoms with van der Waals surface area (Å²) < 4.78 is 5.63. The number of aromatic hydroxyl groups is 1. The third-order valence-corrected chi connectivity index (χ3v) is 3.01. The molecule has 2 nitrogen and oxygen atoms in total. The number of benzene rings is 2. The molecule has 2 rings (SSSR count). The standard InChI is InChI=1S/C18H20O2/c1-2-3-14-20-18-12-8-16(9-13-18)5-4-15-6-10-17(19)11-7-15/h4-13,19H,2-3,14H2,1H3/b5-4-. The van der Waals surface area contributed by atoms with Crippen molar-refractivity contribution >= 4 is 12.2 Å². The van der Waals surface area contributed by atoms with Gasteiger partial charge in [-0.05, 0) is 41.8 Å². The molecule has 0 aliphatic carbocycles. The molecule has 0 atom stereocenters. The first-order valence-corrected chi connectivity index (χ1v) is 6.98. The summed E-state index contributed by atoms with van der Waals surface area (Å²) in [7, 11) is 0. The number of rotatable bonds is 6. The summed E-state index contributed by atoms with van der Waals surface area (Å²) in [5, 5.41) is 9.22. The molecule has 0 radical (unpaired) electrons. The van der Waals surface area contributed by atoms with Crippen LogP contribution < -0.4 is 4.74 Å². The molecule has 2 aromatic rings. The quantitative estimate of drug-likeness (QED) is 0.605. The van der Waals surface area contributed by atoms with E-state index in [2.05, 4.69) is 6.92 Å². The maximum atomic E-state index is 9.22. The van der Waals surface area contributed by atoms with Gasteiger partial charge in [0.25, 0.3) is 0 Å². The molecule has 0 spiro atoms. The van der Waals surface area contributed by atoms with Gasteiger partial charge in [0.1, 0.15) is 11.5 Å². The van der Waals surface area contributed by atoms with Gasteiger partial charge in [0.15, 0.2) is 0 Å². The van der Waals surface area contributed by atoms with Gasteiger partial charge in [-0.1, -0.05) is 49.8 Å². The number of hydrogen-bond donors (Lipinski definition) is 1. The molecule has 20 heavy (non-hydrogen) atoms. The lowest BCUT2D eigenvalue weighted by Crippen LogP contribution is -1.95. The maximum Gasteiger partial charge on any atom is 0.119 e. The van der Waals surface area contributed by atoms with E-state index < -0.39 is 0 Å². The first kappa shape index (κ1) is 14.2. The molecule has 0 bridgehead atoms. The first-order valence-electron chi connectivity index (χ1n) is 6.98. The highest BCUT2D eigenvalue weighted by Gasteiger charge is 1.94. The minimum absolute atomic E-state index is 0.288. The summed E-state index contributed by atoms with van der Waals surface area (Å²) in [6, 6.07) is 15.2. The van der Waals surface area contributed by atoms with Crippen LogP contribution in [0.5, 0.6) is 11.5 Å². The third-order valence-electron chi connectivity index (χ3n) is 3.01. The summed E-state index contributed by atoms with van der Waals surface area (Å²) in [5.41, 5.74) is 2.19. The van der Waals surface area contributed by atoms with Crippen molar-refractivity contribution in [1.82, 2.24) is 0 Å². The molecule has 2 heteroatoms. The Hall–Kier alpha value is -2.22. The van der Waals surface area contributed by atoms with E-state index in [4.69, 9.17) is 4.74 Å². The molecule has 0 aliphatic heterocycles. The van der Waals surface area contributed by atoms with Crippen LogP contribution >= 0.6 is 0 Å². The molecular weight excluding hydrogens is 248 g/mol. The molecule has 0 heterocycles. The predicted octanol–water partition coefficient (Wildman–Crippen LogP) is 4.74. The minimum atomic E-state index is 0.288. The molecule has 0 aliphatic rings. The van der Waals surface area contributed by atoms with Crippen LogP contribution in [0.15, 0.2) is 48.5 Å². The van der Waals surface area contributed by atoms with Crippen molar-refractivity contribution in [2.24, 2.45) is 0 Å². The third kappa shape index (κ3) is 4.47. The Balaban J connectivity index is 1.94. The van der Waals surface area contributed by atoms with Crippen molar-refractivity contribution in [3.8, 4) is 11.5 Å². The van der Waals surface area contributed by atoms with Gasteiger partial charge in [0.05, 0.1) is 6.61 Å². The molecule has 0 unspecified atom stereocenters. The van der Waals surface area contributed by atoms with Crippen molar-refractivity contribution in [2.75, 3.05) is 6.61 Å².